The van der Waals surface area contributed by atoms with Gasteiger partial charge >= 0.3 is 5.76 Å². The van der Waals surface area contributed by atoms with Gasteiger partial charge in [0.2, 0.25) is 11.7 Å². The molecule has 0 saturated carbocycles. The Balaban J connectivity index is 1.51. The number of hydrogen-bond acceptors (Lipinski definition) is 5. The van der Waals surface area contributed by atoms with Crippen LogP contribution < -0.4 is 5.76 Å². The van der Waals surface area contributed by atoms with Gasteiger partial charge in [0.1, 0.15) is 0 Å². The molecule has 6 nitrogen and oxygen atoms in total. The van der Waals surface area contributed by atoms with Gasteiger partial charge in [0, 0.05) is 18.5 Å². The minimum Gasteiger partial charge on any atom is -0.408 e. The second kappa shape index (κ2) is 6.54. The van der Waals surface area contributed by atoms with Gasteiger partial charge < -0.3 is 8.94 Å². The molecule has 27 heavy (non-hydrogen) atoms. The third kappa shape index (κ3) is 3.43. The Morgan fingerprint density at radius 3 is 2.52 bits per heavy atom. The minimum absolute atomic E-state index is 0.0988. The van der Waals surface area contributed by atoms with Crippen molar-refractivity contribution in [1.82, 2.24) is 14.7 Å². The quantitative estimate of drug-likeness (QED) is 0.544. The summed E-state index contributed by atoms with van der Waals surface area (Å²) in [6.07, 6.45) is 0.455. The summed E-state index contributed by atoms with van der Waals surface area (Å²) in [7, 11) is 0. The maximum absolute atomic E-state index is 12.0. The van der Waals surface area contributed by atoms with Crippen LogP contribution in [0.15, 0.2) is 62.3 Å². The lowest BCUT2D eigenvalue weighted by Crippen LogP contribution is -2.15. The molecule has 0 spiro atoms. The van der Waals surface area contributed by atoms with Gasteiger partial charge in [-0.1, -0.05) is 62.3 Å². The van der Waals surface area contributed by atoms with Crippen molar-refractivity contribution in [2.24, 2.45) is 0 Å². The van der Waals surface area contributed by atoms with Crippen molar-refractivity contribution >= 4 is 11.1 Å². The molecule has 0 unspecified atom stereocenters. The SMILES string of the molecule is CC(C)(C)c1ccc(-c2noc(CCn3c(=O)oc4ccccc43)n2)cc1. The normalized spacial score (nSPS) is 12.0. The fourth-order valence-corrected chi connectivity index (χ4v) is 3.03. The predicted molar refractivity (Wildman–Crippen MR) is 103 cm³/mol. The van der Waals surface area contributed by atoms with Crippen molar-refractivity contribution < 1.29 is 8.94 Å². The van der Waals surface area contributed by atoms with E-state index < -0.39 is 0 Å². The molecule has 0 aliphatic heterocycles. The van der Waals surface area contributed by atoms with Gasteiger partial charge in [-0.2, -0.15) is 4.98 Å². The number of benzene rings is 2. The Labute approximate surface area is 156 Å². The zero-order valence-electron chi connectivity index (χ0n) is 15.6. The molecular weight excluding hydrogens is 342 g/mol. The number of fused-ring (bicyclic) bond motifs is 1. The second-order valence-corrected chi connectivity index (χ2v) is 7.58. The molecule has 4 rings (SSSR count). The second-order valence-electron chi connectivity index (χ2n) is 7.58. The van der Waals surface area contributed by atoms with E-state index in [2.05, 4.69) is 43.0 Å². The van der Waals surface area contributed by atoms with Gasteiger partial charge in [0.15, 0.2) is 5.58 Å². The van der Waals surface area contributed by atoms with Gasteiger partial charge in [-0.05, 0) is 23.1 Å². The van der Waals surface area contributed by atoms with E-state index >= 15 is 0 Å². The molecule has 0 saturated heterocycles. The molecular formula is C21H21N3O3. The standard InChI is InChI=1S/C21H21N3O3/c1-21(2,3)15-10-8-14(9-11-15)19-22-18(27-23-19)12-13-24-16-6-4-5-7-17(16)26-20(24)25/h4-11H,12-13H2,1-3H3. The molecule has 4 aromatic rings. The highest BCUT2D eigenvalue weighted by molar-refractivity contribution is 5.72. The van der Waals surface area contributed by atoms with Crippen LogP contribution in [0.2, 0.25) is 0 Å². The van der Waals surface area contributed by atoms with Crippen LogP contribution in [-0.2, 0) is 18.4 Å². The highest BCUT2D eigenvalue weighted by atomic mass is 16.5. The van der Waals surface area contributed by atoms with Crippen LogP contribution in [-0.4, -0.2) is 14.7 Å². The lowest BCUT2D eigenvalue weighted by atomic mass is 9.87. The summed E-state index contributed by atoms with van der Waals surface area (Å²) in [4.78, 5) is 16.5. The maximum Gasteiger partial charge on any atom is 0.419 e. The summed E-state index contributed by atoms with van der Waals surface area (Å²) in [6.45, 7) is 6.95. The first-order valence-electron chi connectivity index (χ1n) is 8.94. The van der Waals surface area contributed by atoms with Crippen molar-refractivity contribution in [1.29, 1.82) is 0 Å². The lowest BCUT2D eigenvalue weighted by molar-refractivity contribution is 0.370. The largest absolute Gasteiger partial charge is 0.419 e. The molecule has 6 heteroatoms. The molecule has 2 aromatic carbocycles. The molecule has 2 heterocycles. The Morgan fingerprint density at radius 2 is 1.78 bits per heavy atom. The molecule has 0 amide bonds. The van der Waals surface area contributed by atoms with Crippen LogP contribution in [0.4, 0.5) is 0 Å². The monoisotopic (exact) mass is 363 g/mol. The van der Waals surface area contributed by atoms with Crippen LogP contribution in [0.3, 0.4) is 0 Å². The Bertz CT molecular complexity index is 1130. The van der Waals surface area contributed by atoms with Crippen LogP contribution in [0, 0.1) is 0 Å². The molecule has 0 aliphatic rings. The zero-order valence-corrected chi connectivity index (χ0v) is 15.6. The minimum atomic E-state index is -0.381. The van der Waals surface area contributed by atoms with E-state index in [0.717, 1.165) is 11.1 Å². The van der Waals surface area contributed by atoms with E-state index in [-0.39, 0.29) is 11.2 Å². The number of nitrogens with zero attached hydrogens (tertiary/aromatic N) is 3. The molecule has 138 valence electrons. The number of oxazole rings is 1. The lowest BCUT2D eigenvalue weighted by Gasteiger charge is -2.18. The summed E-state index contributed by atoms with van der Waals surface area (Å²) >= 11 is 0. The van der Waals surface area contributed by atoms with Gasteiger partial charge in [-0.15, -0.1) is 0 Å². The summed E-state index contributed by atoms with van der Waals surface area (Å²) in [6, 6.07) is 15.5. The molecule has 0 atom stereocenters. The predicted octanol–water partition coefficient (Wildman–Crippen LogP) is 4.18. The third-order valence-electron chi connectivity index (χ3n) is 4.60. The van der Waals surface area contributed by atoms with Gasteiger partial charge in [0.25, 0.3) is 0 Å². The first-order chi connectivity index (χ1) is 12.9. The Morgan fingerprint density at radius 1 is 1.04 bits per heavy atom. The average Bonchev–Trinajstić information content (AvgIpc) is 3.23. The molecule has 0 aliphatic carbocycles. The number of hydrogen-bond donors (Lipinski definition) is 0. The molecule has 0 bridgehead atoms. The van der Waals surface area contributed by atoms with Crippen molar-refractivity contribution in [3.05, 3.63) is 70.5 Å². The molecule has 0 fully saturated rings. The van der Waals surface area contributed by atoms with E-state index in [1.54, 1.807) is 10.6 Å². The summed E-state index contributed by atoms with van der Waals surface area (Å²) in [5.41, 5.74) is 3.60. The topological polar surface area (TPSA) is 74.1 Å². The van der Waals surface area contributed by atoms with Crippen molar-refractivity contribution in [2.75, 3.05) is 0 Å². The Kier molecular flexibility index (Phi) is 4.18. The molecule has 2 aromatic heterocycles. The summed E-state index contributed by atoms with van der Waals surface area (Å²) < 4.78 is 12.2. The zero-order chi connectivity index (χ0) is 19.0. The Hall–Kier alpha value is -3.15. The van der Waals surface area contributed by atoms with Crippen LogP contribution in [0.25, 0.3) is 22.5 Å². The fraction of sp³-hybridized carbons (Fsp3) is 0.286. The average molecular weight is 363 g/mol. The molecule has 0 N–H and O–H groups in total. The van der Waals surface area contributed by atoms with Gasteiger partial charge in [-0.3, -0.25) is 4.57 Å². The summed E-state index contributed by atoms with van der Waals surface area (Å²) in [5, 5.41) is 4.07. The number of rotatable bonds is 4. The van der Waals surface area contributed by atoms with E-state index in [9.17, 15) is 4.79 Å². The first-order valence-corrected chi connectivity index (χ1v) is 8.94. The number of aryl methyl sites for hydroxylation is 2. The van der Waals surface area contributed by atoms with Crippen LogP contribution >= 0.6 is 0 Å². The molecule has 0 radical (unpaired) electrons. The fourth-order valence-electron chi connectivity index (χ4n) is 3.03. The van der Waals surface area contributed by atoms with E-state index in [1.807, 2.05) is 30.3 Å². The highest BCUT2D eigenvalue weighted by Gasteiger charge is 2.15. The maximum atomic E-state index is 12.0. The number of aromatic nitrogens is 3. The van der Waals surface area contributed by atoms with Crippen LogP contribution in [0.1, 0.15) is 32.2 Å². The summed E-state index contributed by atoms with van der Waals surface area (Å²) in [5.74, 6) is 0.658. The highest BCUT2D eigenvalue weighted by Crippen LogP contribution is 2.25. The smallest absolute Gasteiger partial charge is 0.408 e. The van der Waals surface area contributed by atoms with Gasteiger partial charge in [0.05, 0.1) is 5.52 Å². The van der Waals surface area contributed by atoms with E-state index in [1.165, 1.54) is 5.56 Å². The van der Waals surface area contributed by atoms with Gasteiger partial charge in [-0.25, -0.2) is 4.79 Å². The van der Waals surface area contributed by atoms with E-state index in [0.29, 0.717) is 30.3 Å². The van der Waals surface area contributed by atoms with Crippen LogP contribution in [0.5, 0.6) is 0 Å². The van der Waals surface area contributed by atoms with Crippen molar-refractivity contribution in [2.45, 2.75) is 39.2 Å². The van der Waals surface area contributed by atoms with E-state index in [4.69, 9.17) is 8.94 Å². The third-order valence-corrected chi connectivity index (χ3v) is 4.60. The van der Waals surface area contributed by atoms with Crippen molar-refractivity contribution in [3.8, 4) is 11.4 Å². The number of para-hydroxylation sites is 2. The van der Waals surface area contributed by atoms with Crippen molar-refractivity contribution in [3.63, 3.8) is 0 Å². The first kappa shape index (κ1) is 17.3.